The molecule has 0 saturated carbocycles. The van der Waals surface area contributed by atoms with Crippen LogP contribution >= 0.6 is 0 Å². The molecule has 40 heavy (non-hydrogen) atoms. The molecule has 1 aliphatic heterocycles. The number of piperidine rings is 1. The molecule has 0 aliphatic carbocycles. The van der Waals surface area contributed by atoms with E-state index in [2.05, 4.69) is 38.2 Å². The van der Waals surface area contributed by atoms with Gasteiger partial charge in [-0.15, -0.1) is 0 Å². The van der Waals surface area contributed by atoms with Gasteiger partial charge in [0.05, 0.1) is 35.7 Å². The number of methoxy groups -OCH3 is 1. The summed E-state index contributed by atoms with van der Waals surface area (Å²) in [5.41, 5.74) is 9.74. The van der Waals surface area contributed by atoms with Crippen molar-refractivity contribution in [3.63, 3.8) is 0 Å². The Balaban J connectivity index is 1.52. The number of nitrogens with zero attached hydrogens (tertiary/aromatic N) is 5. The molecule has 2 aromatic heterocycles. The smallest absolute Gasteiger partial charge is 0.274 e. The van der Waals surface area contributed by atoms with Gasteiger partial charge in [0.2, 0.25) is 0 Å². The van der Waals surface area contributed by atoms with Crippen LogP contribution in [0, 0.1) is 17.1 Å². The molecule has 0 unspecified atom stereocenters. The highest BCUT2D eigenvalue weighted by atomic mass is 19.1. The summed E-state index contributed by atoms with van der Waals surface area (Å²) >= 11 is 0. The second kappa shape index (κ2) is 11.5. The van der Waals surface area contributed by atoms with Crippen LogP contribution < -0.4 is 20.7 Å². The molecule has 1 aliphatic rings. The first-order valence-electron chi connectivity index (χ1n) is 12.9. The van der Waals surface area contributed by atoms with Crippen molar-refractivity contribution < 1.29 is 13.9 Å². The molecule has 3 N–H and O–H groups in total. The van der Waals surface area contributed by atoms with E-state index in [1.807, 2.05) is 12.1 Å². The number of nitriles is 1. The molecule has 0 bridgehead atoms. The minimum atomic E-state index is -0.556. The van der Waals surface area contributed by atoms with Gasteiger partial charge in [-0.3, -0.25) is 9.78 Å². The third kappa shape index (κ3) is 5.32. The van der Waals surface area contributed by atoms with Gasteiger partial charge in [-0.2, -0.15) is 5.26 Å². The highest BCUT2D eigenvalue weighted by Crippen LogP contribution is 2.36. The Morgan fingerprint density at radius 3 is 2.85 bits per heavy atom. The predicted octanol–water partition coefficient (Wildman–Crippen LogP) is 4.79. The van der Waals surface area contributed by atoms with Crippen LogP contribution in [-0.2, 0) is 0 Å². The van der Waals surface area contributed by atoms with Crippen LogP contribution in [0.25, 0.3) is 22.5 Å². The van der Waals surface area contributed by atoms with Crippen molar-refractivity contribution >= 4 is 17.3 Å². The van der Waals surface area contributed by atoms with Crippen molar-refractivity contribution in [2.75, 3.05) is 23.9 Å². The molecule has 9 nitrogen and oxygen atoms in total. The van der Waals surface area contributed by atoms with Crippen LogP contribution in [0.5, 0.6) is 5.75 Å². The highest BCUT2D eigenvalue weighted by molar-refractivity contribution is 6.05. The summed E-state index contributed by atoms with van der Waals surface area (Å²) < 4.78 is 19.9. The number of aromatic nitrogens is 3. The molecule has 4 aromatic rings. The van der Waals surface area contributed by atoms with E-state index in [4.69, 9.17) is 10.5 Å². The lowest BCUT2D eigenvalue weighted by atomic mass is 9.96. The summed E-state index contributed by atoms with van der Waals surface area (Å²) in [7, 11) is 1.43. The molecular weight excluding hydrogens is 509 g/mol. The normalized spacial score (nSPS) is 16.7. The molecule has 10 heteroatoms. The maximum atomic E-state index is 14.7. The second-order valence-electron chi connectivity index (χ2n) is 9.63. The maximum Gasteiger partial charge on any atom is 0.274 e. The molecule has 2 atom stereocenters. The average molecular weight is 538 g/mol. The van der Waals surface area contributed by atoms with E-state index >= 15 is 0 Å². The average Bonchev–Trinajstić information content (AvgIpc) is 2.97. The molecule has 202 valence electrons. The topological polar surface area (TPSA) is 130 Å². The number of hydrogen-bond donors (Lipinski definition) is 2. The van der Waals surface area contributed by atoms with Crippen molar-refractivity contribution in [3.05, 3.63) is 84.2 Å². The number of hydrogen-bond acceptors (Lipinski definition) is 8. The van der Waals surface area contributed by atoms with E-state index in [1.54, 1.807) is 30.6 Å². The highest BCUT2D eigenvalue weighted by Gasteiger charge is 2.27. The first kappa shape index (κ1) is 26.7. The largest absolute Gasteiger partial charge is 0.496 e. The van der Waals surface area contributed by atoms with Gasteiger partial charge in [-0.1, -0.05) is 12.1 Å². The standard InChI is InChI=1S/C30H28FN7O2/c1-18-14-21(33)10-13-38(18)26-15-19(22-17-34-11-8-20(22)16-32)6-7-24(26)37-30(39)25-9-12-35-29(36-25)28-23(31)4-3-5-27(28)40-2/h3-9,11-12,15,17-18,21H,10,13-14,33H2,1-2H3,(H,37,39)/t18-,21-/m0/s1. The van der Waals surface area contributed by atoms with Gasteiger partial charge in [-0.25, -0.2) is 14.4 Å². The fraction of sp³-hybridized carbons (Fsp3) is 0.233. The Morgan fingerprint density at radius 2 is 2.08 bits per heavy atom. The molecule has 1 saturated heterocycles. The monoisotopic (exact) mass is 537 g/mol. The van der Waals surface area contributed by atoms with Crippen LogP contribution in [0.15, 0.2) is 67.1 Å². The van der Waals surface area contributed by atoms with Crippen molar-refractivity contribution in [3.8, 4) is 34.3 Å². The SMILES string of the molecule is COc1cccc(F)c1-c1nccc(C(=O)Nc2ccc(-c3cnccc3C#N)cc2N2CC[C@H](N)C[C@@H]2C)n1. The minimum Gasteiger partial charge on any atom is -0.496 e. The van der Waals surface area contributed by atoms with Crippen molar-refractivity contribution in [2.45, 2.75) is 31.8 Å². The summed E-state index contributed by atoms with van der Waals surface area (Å²) in [5, 5.41) is 12.6. The number of ether oxygens (including phenoxy) is 1. The van der Waals surface area contributed by atoms with Gasteiger partial charge in [0.1, 0.15) is 17.3 Å². The summed E-state index contributed by atoms with van der Waals surface area (Å²) in [4.78, 5) is 28.4. The number of halogens is 1. The number of carbonyl (C=O) groups is 1. The molecule has 1 amide bonds. The van der Waals surface area contributed by atoms with E-state index in [0.717, 1.165) is 24.1 Å². The Hall–Kier alpha value is -4.88. The number of amides is 1. The van der Waals surface area contributed by atoms with Crippen molar-refractivity contribution in [1.29, 1.82) is 5.26 Å². The fourth-order valence-electron chi connectivity index (χ4n) is 5.01. The number of anilines is 2. The van der Waals surface area contributed by atoms with Crippen LogP contribution in [-0.4, -0.2) is 46.6 Å². The quantitative estimate of drug-likeness (QED) is 0.359. The summed E-state index contributed by atoms with van der Waals surface area (Å²) in [6.07, 6.45) is 6.25. The third-order valence-electron chi connectivity index (χ3n) is 7.03. The zero-order valence-electron chi connectivity index (χ0n) is 22.1. The fourth-order valence-corrected chi connectivity index (χ4v) is 5.01. The van der Waals surface area contributed by atoms with Crippen LogP contribution in [0.3, 0.4) is 0 Å². The van der Waals surface area contributed by atoms with Gasteiger partial charge in [0, 0.05) is 42.8 Å². The van der Waals surface area contributed by atoms with Gasteiger partial charge >= 0.3 is 0 Å². The molecule has 3 heterocycles. The van der Waals surface area contributed by atoms with Gasteiger partial charge in [0.15, 0.2) is 5.82 Å². The molecule has 0 radical (unpaired) electrons. The molecule has 1 fully saturated rings. The molecule has 0 spiro atoms. The zero-order valence-corrected chi connectivity index (χ0v) is 22.1. The number of rotatable bonds is 6. The summed E-state index contributed by atoms with van der Waals surface area (Å²) in [5.74, 6) is -0.732. The Bertz CT molecular complexity index is 1600. The van der Waals surface area contributed by atoms with Crippen LogP contribution in [0.4, 0.5) is 15.8 Å². The Kier molecular flexibility index (Phi) is 7.66. The van der Waals surface area contributed by atoms with E-state index < -0.39 is 11.7 Å². The number of carbonyl (C=O) groups excluding carboxylic acids is 1. The lowest BCUT2D eigenvalue weighted by Crippen LogP contribution is -2.46. The first-order chi connectivity index (χ1) is 19.4. The second-order valence-corrected chi connectivity index (χ2v) is 9.63. The molecule has 5 rings (SSSR count). The predicted molar refractivity (Wildman–Crippen MR) is 150 cm³/mol. The van der Waals surface area contributed by atoms with Crippen LogP contribution in [0.2, 0.25) is 0 Å². The number of pyridine rings is 1. The minimum absolute atomic E-state index is 0.0393. The van der Waals surface area contributed by atoms with Crippen molar-refractivity contribution in [2.24, 2.45) is 5.73 Å². The van der Waals surface area contributed by atoms with Gasteiger partial charge in [0.25, 0.3) is 5.91 Å². The lowest BCUT2D eigenvalue weighted by Gasteiger charge is -2.39. The van der Waals surface area contributed by atoms with E-state index in [9.17, 15) is 14.4 Å². The molecule has 2 aromatic carbocycles. The van der Waals surface area contributed by atoms with E-state index in [-0.39, 0.29) is 34.9 Å². The van der Waals surface area contributed by atoms with E-state index in [1.165, 1.54) is 31.5 Å². The van der Waals surface area contributed by atoms with E-state index in [0.29, 0.717) is 23.4 Å². The summed E-state index contributed by atoms with van der Waals surface area (Å²) in [6, 6.07) is 15.6. The van der Waals surface area contributed by atoms with Gasteiger partial charge < -0.3 is 20.7 Å². The maximum absolute atomic E-state index is 14.7. The van der Waals surface area contributed by atoms with Gasteiger partial charge in [-0.05, 0) is 61.7 Å². The first-order valence-corrected chi connectivity index (χ1v) is 12.9. The summed E-state index contributed by atoms with van der Waals surface area (Å²) in [6.45, 7) is 2.80. The number of nitrogens with two attached hydrogens (primary N) is 1. The Labute approximate surface area is 231 Å². The zero-order chi connectivity index (χ0) is 28.2. The van der Waals surface area contributed by atoms with Crippen LogP contribution in [0.1, 0.15) is 35.8 Å². The number of benzene rings is 2. The lowest BCUT2D eigenvalue weighted by molar-refractivity contribution is 0.102. The van der Waals surface area contributed by atoms with Crippen molar-refractivity contribution in [1.82, 2.24) is 15.0 Å². The third-order valence-corrected chi connectivity index (χ3v) is 7.03. The molecular formula is C30H28FN7O2. The Morgan fingerprint density at radius 1 is 1.23 bits per heavy atom. The number of nitrogens with one attached hydrogen (secondary N) is 1.